The number of hydrogen-bond donors (Lipinski definition) is 1. The molecule has 0 unspecified atom stereocenters. The van der Waals surface area contributed by atoms with Gasteiger partial charge < -0.3 is 19.3 Å². The zero-order chi connectivity index (χ0) is 16.1. The molecule has 1 aromatic rings. The van der Waals surface area contributed by atoms with Gasteiger partial charge in [-0.05, 0) is 19.8 Å². The second-order valence-corrected chi connectivity index (χ2v) is 6.24. The van der Waals surface area contributed by atoms with E-state index in [-0.39, 0.29) is 17.4 Å². The third kappa shape index (κ3) is 2.26. The van der Waals surface area contributed by atoms with Gasteiger partial charge in [0.25, 0.3) is 5.56 Å². The number of amides is 1. The average Bonchev–Trinajstić information content (AvgIpc) is 3.27. The molecule has 2 heterocycles. The van der Waals surface area contributed by atoms with Crippen LogP contribution in [0.5, 0.6) is 5.75 Å². The lowest BCUT2D eigenvalue weighted by Crippen LogP contribution is -2.64. The molecule has 0 radical (unpaired) electrons. The molecule has 1 N–H and O–H groups in total. The van der Waals surface area contributed by atoms with Crippen molar-refractivity contribution >= 4 is 11.9 Å². The zero-order valence-electron chi connectivity index (χ0n) is 12.5. The lowest BCUT2D eigenvalue weighted by Gasteiger charge is -2.49. The Balaban J connectivity index is 1.87. The van der Waals surface area contributed by atoms with Crippen LogP contribution in [0.2, 0.25) is 0 Å². The van der Waals surface area contributed by atoms with Gasteiger partial charge in [0.15, 0.2) is 0 Å². The summed E-state index contributed by atoms with van der Waals surface area (Å²) in [4.78, 5) is 37.5. The van der Waals surface area contributed by atoms with Crippen LogP contribution in [-0.4, -0.2) is 46.6 Å². The number of ether oxygens (including phenoxy) is 1. The number of aromatic hydroxyl groups is 1. The zero-order valence-corrected chi connectivity index (χ0v) is 12.5. The molecule has 2 fully saturated rings. The first-order chi connectivity index (χ1) is 10.4. The quantitative estimate of drug-likeness (QED) is 0.812. The van der Waals surface area contributed by atoms with Crippen molar-refractivity contribution in [1.29, 1.82) is 0 Å². The van der Waals surface area contributed by atoms with E-state index in [4.69, 9.17) is 0 Å². The van der Waals surface area contributed by atoms with Crippen molar-refractivity contribution < 1.29 is 19.4 Å². The number of hydrogen-bond acceptors (Lipinski definition) is 5. The Morgan fingerprint density at radius 2 is 2.00 bits per heavy atom. The summed E-state index contributed by atoms with van der Waals surface area (Å²) in [7, 11) is 1.21. The molecule has 3 rings (SSSR count). The van der Waals surface area contributed by atoms with Gasteiger partial charge in [-0.3, -0.25) is 9.59 Å². The normalized spacial score (nSPS) is 19.5. The lowest BCUT2D eigenvalue weighted by atomic mass is 9.90. The molecule has 1 aromatic heterocycles. The minimum atomic E-state index is -0.708. The second kappa shape index (κ2) is 4.86. The summed E-state index contributed by atoms with van der Waals surface area (Å²) in [6.07, 6.45) is 3.19. The summed E-state index contributed by atoms with van der Waals surface area (Å²) in [5.74, 6) is -0.828. The molecule has 0 aromatic carbocycles. The van der Waals surface area contributed by atoms with Gasteiger partial charge in [0.1, 0.15) is 11.3 Å². The van der Waals surface area contributed by atoms with Gasteiger partial charge in [-0.15, -0.1) is 0 Å². The fourth-order valence-electron chi connectivity index (χ4n) is 2.88. The Morgan fingerprint density at radius 3 is 2.55 bits per heavy atom. The van der Waals surface area contributed by atoms with Crippen molar-refractivity contribution in [3.05, 3.63) is 28.2 Å². The van der Waals surface area contributed by atoms with Crippen molar-refractivity contribution in [1.82, 2.24) is 9.47 Å². The molecule has 0 bridgehead atoms. The van der Waals surface area contributed by atoms with E-state index in [9.17, 15) is 19.5 Å². The van der Waals surface area contributed by atoms with Crippen LogP contribution in [0.15, 0.2) is 17.1 Å². The van der Waals surface area contributed by atoms with E-state index in [0.29, 0.717) is 13.1 Å². The molecule has 0 spiro atoms. The van der Waals surface area contributed by atoms with E-state index in [2.05, 4.69) is 4.74 Å². The molecule has 22 heavy (non-hydrogen) atoms. The summed E-state index contributed by atoms with van der Waals surface area (Å²) in [5, 5.41) is 9.72. The molecule has 2 aliphatic rings. The van der Waals surface area contributed by atoms with Gasteiger partial charge >= 0.3 is 5.97 Å². The van der Waals surface area contributed by atoms with Gasteiger partial charge in [0.2, 0.25) is 5.91 Å². The minimum Gasteiger partial charge on any atom is -0.507 e. The van der Waals surface area contributed by atoms with E-state index in [1.165, 1.54) is 17.9 Å². The summed E-state index contributed by atoms with van der Waals surface area (Å²) in [6, 6.07) is 1.00. The molecule has 7 nitrogen and oxygen atoms in total. The molecule has 1 aliphatic carbocycles. The summed E-state index contributed by atoms with van der Waals surface area (Å²) in [6.45, 7) is 2.70. The highest BCUT2D eigenvalue weighted by atomic mass is 16.5. The molecule has 1 saturated heterocycles. The standard InChI is InChI=1S/C15H18N2O5/c1-15(7-16(8-15)13(20)9-3-4-9)17-6-10(14(21)22-2)11(18)5-12(17)19/h5-6,9,18H,3-4,7-8H2,1-2H3. The van der Waals surface area contributed by atoms with Gasteiger partial charge in [-0.1, -0.05) is 0 Å². The number of methoxy groups -OCH3 is 1. The number of nitrogens with zero attached hydrogens (tertiary/aromatic N) is 2. The van der Waals surface area contributed by atoms with Crippen molar-refractivity contribution in [3.63, 3.8) is 0 Å². The van der Waals surface area contributed by atoms with Crippen LogP contribution in [0.4, 0.5) is 0 Å². The molecular weight excluding hydrogens is 288 g/mol. The number of rotatable bonds is 3. The Kier molecular flexibility index (Phi) is 3.23. The third-order valence-corrected chi connectivity index (χ3v) is 4.32. The lowest BCUT2D eigenvalue weighted by molar-refractivity contribution is -0.142. The Bertz CT molecular complexity index is 698. The minimum absolute atomic E-state index is 0.0599. The van der Waals surface area contributed by atoms with E-state index in [1.807, 2.05) is 6.92 Å². The predicted octanol–water partition coefficient (Wildman–Crippen LogP) is 0.308. The molecule has 1 saturated carbocycles. The summed E-state index contributed by atoms with van der Waals surface area (Å²) < 4.78 is 5.99. The molecule has 1 amide bonds. The highest BCUT2D eigenvalue weighted by molar-refractivity contribution is 5.91. The first kappa shape index (κ1) is 14.6. The molecule has 1 aliphatic heterocycles. The van der Waals surface area contributed by atoms with Crippen LogP contribution in [0.25, 0.3) is 0 Å². The number of aromatic nitrogens is 1. The van der Waals surface area contributed by atoms with Crippen LogP contribution in [0.3, 0.4) is 0 Å². The number of esters is 1. The van der Waals surface area contributed by atoms with Gasteiger partial charge in [-0.2, -0.15) is 0 Å². The van der Waals surface area contributed by atoms with E-state index < -0.39 is 22.8 Å². The van der Waals surface area contributed by atoms with Gasteiger partial charge in [0, 0.05) is 31.3 Å². The maximum atomic E-state index is 12.1. The Morgan fingerprint density at radius 1 is 1.36 bits per heavy atom. The monoisotopic (exact) mass is 306 g/mol. The largest absolute Gasteiger partial charge is 0.507 e. The Hall–Kier alpha value is -2.31. The SMILES string of the molecule is COC(=O)c1cn(C2(C)CN(C(=O)C3CC3)C2)c(=O)cc1O. The van der Waals surface area contributed by atoms with Crippen molar-refractivity contribution in [2.45, 2.75) is 25.3 Å². The number of pyridine rings is 1. The van der Waals surface area contributed by atoms with Crippen LogP contribution in [-0.2, 0) is 15.1 Å². The molecule has 118 valence electrons. The van der Waals surface area contributed by atoms with Crippen LogP contribution in [0, 0.1) is 5.92 Å². The van der Waals surface area contributed by atoms with E-state index in [0.717, 1.165) is 18.9 Å². The smallest absolute Gasteiger partial charge is 0.343 e. The number of carbonyl (C=O) groups excluding carboxylic acids is 2. The third-order valence-electron chi connectivity index (χ3n) is 4.32. The summed E-state index contributed by atoms with van der Waals surface area (Å²) in [5.41, 5.74) is -1.04. The Labute approximate surface area is 127 Å². The average molecular weight is 306 g/mol. The van der Waals surface area contributed by atoms with Crippen LogP contribution < -0.4 is 5.56 Å². The first-order valence-corrected chi connectivity index (χ1v) is 7.19. The first-order valence-electron chi connectivity index (χ1n) is 7.19. The van der Waals surface area contributed by atoms with Gasteiger partial charge in [0.05, 0.1) is 12.6 Å². The van der Waals surface area contributed by atoms with Crippen molar-refractivity contribution in [3.8, 4) is 5.75 Å². The van der Waals surface area contributed by atoms with Gasteiger partial charge in [-0.25, -0.2) is 4.79 Å². The maximum absolute atomic E-state index is 12.1. The van der Waals surface area contributed by atoms with Crippen LogP contribution in [0.1, 0.15) is 30.1 Å². The van der Waals surface area contributed by atoms with Crippen molar-refractivity contribution in [2.24, 2.45) is 5.92 Å². The highest BCUT2D eigenvalue weighted by Crippen LogP contribution is 2.36. The molecule has 0 atom stereocenters. The maximum Gasteiger partial charge on any atom is 0.343 e. The van der Waals surface area contributed by atoms with E-state index in [1.54, 1.807) is 4.90 Å². The summed E-state index contributed by atoms with van der Waals surface area (Å²) >= 11 is 0. The topological polar surface area (TPSA) is 88.8 Å². The molecule has 7 heteroatoms. The van der Waals surface area contributed by atoms with Crippen LogP contribution >= 0.6 is 0 Å². The molecular formula is C15H18N2O5. The highest BCUT2D eigenvalue weighted by Gasteiger charge is 2.47. The predicted molar refractivity (Wildman–Crippen MR) is 76.7 cm³/mol. The fraction of sp³-hybridized carbons (Fsp3) is 0.533. The van der Waals surface area contributed by atoms with E-state index >= 15 is 0 Å². The second-order valence-electron chi connectivity index (χ2n) is 6.24. The fourth-order valence-corrected chi connectivity index (χ4v) is 2.88. The number of likely N-dealkylation sites (tertiary alicyclic amines) is 1. The van der Waals surface area contributed by atoms with Crippen molar-refractivity contribution in [2.75, 3.05) is 20.2 Å². The number of carbonyl (C=O) groups is 2.